The lowest BCUT2D eigenvalue weighted by Crippen LogP contribution is -2.32. The maximum absolute atomic E-state index is 12.6. The lowest BCUT2D eigenvalue weighted by Gasteiger charge is -2.15. The van der Waals surface area contributed by atoms with Crippen LogP contribution < -0.4 is 5.32 Å². The van der Waals surface area contributed by atoms with Crippen LogP contribution in [0.1, 0.15) is 42.6 Å². The van der Waals surface area contributed by atoms with Gasteiger partial charge >= 0.3 is 0 Å². The molecule has 2 rings (SSSR count). The van der Waals surface area contributed by atoms with Crippen molar-refractivity contribution in [2.75, 3.05) is 12.3 Å². The molecular weight excluding hydrogens is 286 g/mol. The zero-order valence-corrected chi connectivity index (χ0v) is 13.7. The first kappa shape index (κ1) is 16.2. The molecule has 1 N–H and O–H groups in total. The molecule has 1 saturated heterocycles. The molecule has 1 fully saturated rings. The van der Waals surface area contributed by atoms with Crippen LogP contribution in [-0.2, 0) is 9.84 Å². The smallest absolute Gasteiger partial charge is 0.181 e. The lowest BCUT2D eigenvalue weighted by atomic mass is 10.0. The van der Waals surface area contributed by atoms with E-state index in [4.69, 9.17) is 0 Å². The number of benzene rings is 1. The molecule has 4 nitrogen and oxygen atoms in total. The van der Waals surface area contributed by atoms with Crippen molar-refractivity contribution < 1.29 is 13.2 Å². The van der Waals surface area contributed by atoms with Crippen LogP contribution in [0.2, 0.25) is 0 Å². The summed E-state index contributed by atoms with van der Waals surface area (Å²) in [6, 6.07) is 4.79. The van der Waals surface area contributed by atoms with E-state index >= 15 is 0 Å². The van der Waals surface area contributed by atoms with Crippen LogP contribution in [0.5, 0.6) is 0 Å². The summed E-state index contributed by atoms with van der Waals surface area (Å²) >= 11 is 0. The number of carbonyl (C=O) groups is 1. The number of nitrogens with one attached hydrogen (secondary N) is 1. The quantitative estimate of drug-likeness (QED) is 0.848. The van der Waals surface area contributed by atoms with Gasteiger partial charge in [0, 0.05) is 5.56 Å². The van der Waals surface area contributed by atoms with Crippen LogP contribution in [0.3, 0.4) is 0 Å². The van der Waals surface area contributed by atoms with E-state index in [1.807, 2.05) is 20.8 Å². The van der Waals surface area contributed by atoms with Gasteiger partial charge in [-0.25, -0.2) is 8.42 Å². The van der Waals surface area contributed by atoms with Crippen LogP contribution in [0.4, 0.5) is 0 Å². The summed E-state index contributed by atoms with van der Waals surface area (Å²) in [5, 5.41) is 3.15. The molecule has 1 atom stereocenters. The fourth-order valence-electron chi connectivity index (χ4n) is 2.73. The monoisotopic (exact) mass is 309 g/mol. The first-order valence-corrected chi connectivity index (χ1v) is 9.07. The fraction of sp³-hybridized carbons (Fsp3) is 0.562. The van der Waals surface area contributed by atoms with Gasteiger partial charge in [0.05, 0.1) is 16.7 Å². The number of sulfone groups is 1. The predicted octanol–water partition coefficient (Wildman–Crippen LogP) is 2.36. The highest BCUT2D eigenvalue weighted by atomic mass is 32.2. The maximum atomic E-state index is 12.6. The zero-order chi connectivity index (χ0) is 15.6. The maximum Gasteiger partial charge on any atom is 0.181 e. The topological polar surface area (TPSA) is 63.2 Å². The molecule has 5 heteroatoms. The molecule has 0 aliphatic carbocycles. The fourth-order valence-corrected chi connectivity index (χ4v) is 4.56. The minimum atomic E-state index is -3.43. The summed E-state index contributed by atoms with van der Waals surface area (Å²) in [7, 11) is -3.43. The standard InChI is InChI=1S/C16H23NO3S/c1-11(2)10-21(19,20)15-7-6-12(3)9-13(15)16(18)14-5-4-8-17-14/h6-7,9,11,14,17H,4-5,8,10H2,1-3H3. The van der Waals surface area contributed by atoms with Gasteiger partial charge in [-0.05, 0) is 44.4 Å². The Kier molecular flexibility index (Phi) is 4.84. The van der Waals surface area contributed by atoms with Crippen LogP contribution in [-0.4, -0.2) is 32.5 Å². The number of rotatable bonds is 5. The van der Waals surface area contributed by atoms with Crippen LogP contribution in [0.15, 0.2) is 23.1 Å². The van der Waals surface area contributed by atoms with Crippen LogP contribution >= 0.6 is 0 Å². The second kappa shape index (κ2) is 6.28. The van der Waals surface area contributed by atoms with Gasteiger partial charge in [-0.1, -0.05) is 25.5 Å². The van der Waals surface area contributed by atoms with Gasteiger partial charge in [-0.15, -0.1) is 0 Å². The van der Waals surface area contributed by atoms with E-state index in [9.17, 15) is 13.2 Å². The highest BCUT2D eigenvalue weighted by molar-refractivity contribution is 7.91. The summed E-state index contributed by atoms with van der Waals surface area (Å²) in [6.45, 7) is 6.42. The van der Waals surface area contributed by atoms with E-state index < -0.39 is 9.84 Å². The third kappa shape index (κ3) is 3.71. The molecule has 21 heavy (non-hydrogen) atoms. The Labute approximate surface area is 126 Å². The molecule has 0 bridgehead atoms. The first-order valence-electron chi connectivity index (χ1n) is 7.42. The molecular formula is C16H23NO3S. The van der Waals surface area contributed by atoms with Gasteiger partial charge in [-0.3, -0.25) is 4.79 Å². The van der Waals surface area contributed by atoms with Crippen LogP contribution in [0, 0.1) is 12.8 Å². The van der Waals surface area contributed by atoms with Gasteiger partial charge in [0.25, 0.3) is 0 Å². The van der Waals surface area contributed by atoms with Crippen molar-refractivity contribution in [3.63, 3.8) is 0 Å². The Morgan fingerprint density at radius 2 is 2.10 bits per heavy atom. The van der Waals surface area contributed by atoms with Crippen molar-refractivity contribution in [2.24, 2.45) is 5.92 Å². The van der Waals surface area contributed by atoms with E-state index in [-0.39, 0.29) is 28.4 Å². The van der Waals surface area contributed by atoms with Crippen molar-refractivity contribution in [2.45, 2.75) is 44.6 Å². The predicted molar refractivity (Wildman–Crippen MR) is 83.4 cm³/mol. The van der Waals surface area contributed by atoms with Gasteiger partial charge in [-0.2, -0.15) is 0 Å². The van der Waals surface area contributed by atoms with Crippen LogP contribution in [0.25, 0.3) is 0 Å². The van der Waals surface area contributed by atoms with Crippen molar-refractivity contribution in [3.05, 3.63) is 29.3 Å². The molecule has 1 aromatic rings. The van der Waals surface area contributed by atoms with E-state index in [0.29, 0.717) is 5.56 Å². The average Bonchev–Trinajstić information content (AvgIpc) is 2.89. The molecule has 1 aliphatic heterocycles. The van der Waals surface area contributed by atoms with E-state index in [1.54, 1.807) is 18.2 Å². The average molecular weight is 309 g/mol. The second-order valence-corrected chi connectivity index (χ2v) is 8.19. The Hall–Kier alpha value is -1.20. The molecule has 0 saturated carbocycles. The largest absolute Gasteiger partial charge is 0.307 e. The van der Waals surface area contributed by atoms with E-state index in [1.165, 1.54) is 0 Å². The van der Waals surface area contributed by atoms with Gasteiger partial charge in [0.2, 0.25) is 0 Å². The molecule has 0 radical (unpaired) electrons. The Morgan fingerprint density at radius 3 is 2.67 bits per heavy atom. The van der Waals surface area contributed by atoms with E-state index in [0.717, 1.165) is 24.9 Å². The van der Waals surface area contributed by atoms with Crippen molar-refractivity contribution in [3.8, 4) is 0 Å². The Balaban J connectivity index is 2.45. The number of carbonyl (C=O) groups excluding carboxylic acids is 1. The third-order valence-corrected chi connectivity index (χ3v) is 5.80. The molecule has 1 aliphatic rings. The Bertz CT molecular complexity index is 629. The number of Topliss-reactive ketones (excluding diaryl/α,β-unsaturated/α-hetero) is 1. The van der Waals surface area contributed by atoms with Gasteiger partial charge in [0.15, 0.2) is 15.6 Å². The molecule has 1 unspecified atom stereocenters. The number of aryl methyl sites for hydroxylation is 1. The summed E-state index contributed by atoms with van der Waals surface area (Å²) in [5.41, 5.74) is 1.25. The summed E-state index contributed by atoms with van der Waals surface area (Å²) in [5.74, 6) is -0.00331. The third-order valence-electron chi connectivity index (χ3n) is 3.67. The number of ketones is 1. The molecule has 1 heterocycles. The molecule has 116 valence electrons. The summed E-state index contributed by atoms with van der Waals surface area (Å²) < 4.78 is 25.0. The summed E-state index contributed by atoms with van der Waals surface area (Å²) in [6.07, 6.45) is 1.73. The minimum absolute atomic E-state index is 0.0314. The molecule has 0 amide bonds. The second-order valence-electron chi connectivity index (χ2n) is 6.19. The normalized spacial score (nSPS) is 19.1. The molecule has 0 aromatic heterocycles. The van der Waals surface area contributed by atoms with Gasteiger partial charge < -0.3 is 5.32 Å². The highest BCUT2D eigenvalue weighted by Crippen LogP contribution is 2.24. The van der Waals surface area contributed by atoms with E-state index in [2.05, 4.69) is 5.32 Å². The number of hydrogen-bond donors (Lipinski definition) is 1. The van der Waals surface area contributed by atoms with Crippen molar-refractivity contribution in [1.82, 2.24) is 5.32 Å². The lowest BCUT2D eigenvalue weighted by molar-refractivity contribution is 0.0949. The molecule has 1 aromatic carbocycles. The molecule has 0 spiro atoms. The number of hydrogen-bond acceptors (Lipinski definition) is 4. The first-order chi connectivity index (χ1) is 9.81. The van der Waals surface area contributed by atoms with Crippen molar-refractivity contribution in [1.29, 1.82) is 0 Å². The Morgan fingerprint density at radius 1 is 1.38 bits per heavy atom. The zero-order valence-electron chi connectivity index (χ0n) is 12.8. The summed E-state index contributed by atoms with van der Waals surface area (Å²) in [4.78, 5) is 12.8. The SMILES string of the molecule is Cc1ccc(S(=O)(=O)CC(C)C)c(C(=O)C2CCCN2)c1. The highest BCUT2D eigenvalue weighted by Gasteiger charge is 2.29. The minimum Gasteiger partial charge on any atom is -0.307 e. The van der Waals surface area contributed by atoms with Crippen molar-refractivity contribution >= 4 is 15.6 Å². The van der Waals surface area contributed by atoms with Gasteiger partial charge in [0.1, 0.15) is 0 Å².